The van der Waals surface area contributed by atoms with Crippen LogP contribution in [-0.4, -0.2) is 32.2 Å². The van der Waals surface area contributed by atoms with Gasteiger partial charge in [0.2, 0.25) is 0 Å². The van der Waals surface area contributed by atoms with Crippen molar-refractivity contribution >= 4 is 19.6 Å². The standard InChI is InChI=1S/C4H10ClN.H3O4P/c1-3-6(5)4-2;1-5(2,3)4/h3-4H2,1-2H3;(H3,1,2,3,4). The van der Waals surface area contributed by atoms with E-state index >= 15 is 0 Å². The van der Waals surface area contributed by atoms with Gasteiger partial charge in [-0.1, -0.05) is 13.8 Å². The van der Waals surface area contributed by atoms with Crippen LogP contribution in [0, 0.1) is 0 Å². The highest BCUT2D eigenvalue weighted by Crippen LogP contribution is 2.25. The van der Waals surface area contributed by atoms with Gasteiger partial charge in [0.1, 0.15) is 0 Å². The lowest BCUT2D eigenvalue weighted by molar-refractivity contribution is 0.275. The molecule has 0 heterocycles. The molecule has 0 aromatic heterocycles. The molecule has 0 radical (unpaired) electrons. The third-order valence-electron chi connectivity index (χ3n) is 0.686. The second-order valence-electron chi connectivity index (χ2n) is 1.61. The fourth-order valence-electron chi connectivity index (χ4n) is 0.224. The smallest absolute Gasteiger partial charge is 0.303 e. The molecule has 0 fully saturated rings. The van der Waals surface area contributed by atoms with E-state index in [0.717, 1.165) is 13.1 Å². The van der Waals surface area contributed by atoms with Crippen LogP contribution in [-0.2, 0) is 4.57 Å². The Kier molecular flexibility index (Phi) is 8.90. The van der Waals surface area contributed by atoms with E-state index in [1.807, 2.05) is 13.8 Å². The Labute approximate surface area is 70.9 Å². The van der Waals surface area contributed by atoms with Crippen LogP contribution in [0.4, 0.5) is 0 Å². The van der Waals surface area contributed by atoms with Crippen molar-refractivity contribution in [3.8, 4) is 0 Å². The third kappa shape index (κ3) is 38.1. The molecule has 0 amide bonds. The van der Waals surface area contributed by atoms with Gasteiger partial charge in [0.25, 0.3) is 0 Å². The molecule has 3 N–H and O–H groups in total. The Morgan fingerprint density at radius 1 is 1.27 bits per heavy atom. The maximum absolute atomic E-state index is 8.88. The normalized spacial score (nSPS) is 10.8. The molecule has 0 aromatic rings. The molecule has 5 nitrogen and oxygen atoms in total. The minimum absolute atomic E-state index is 0.929. The molecule has 0 aliphatic carbocycles. The molecule has 70 valence electrons. The summed E-state index contributed by atoms with van der Waals surface area (Å²) in [5.41, 5.74) is 0. The Morgan fingerprint density at radius 3 is 1.45 bits per heavy atom. The van der Waals surface area contributed by atoms with Crippen molar-refractivity contribution in [1.29, 1.82) is 0 Å². The molecule has 0 saturated heterocycles. The van der Waals surface area contributed by atoms with E-state index in [0.29, 0.717) is 0 Å². The van der Waals surface area contributed by atoms with E-state index in [1.165, 1.54) is 0 Å². The van der Waals surface area contributed by atoms with Crippen LogP contribution in [0.25, 0.3) is 0 Å². The number of phosphoric acid groups is 1. The minimum Gasteiger partial charge on any atom is -0.303 e. The number of nitrogens with zero attached hydrogens (tertiary/aromatic N) is 1. The van der Waals surface area contributed by atoms with Crippen molar-refractivity contribution in [2.75, 3.05) is 13.1 Å². The zero-order valence-corrected chi connectivity index (χ0v) is 8.09. The van der Waals surface area contributed by atoms with Crippen LogP contribution in [0.2, 0.25) is 0 Å². The van der Waals surface area contributed by atoms with E-state index in [4.69, 9.17) is 31.0 Å². The van der Waals surface area contributed by atoms with Gasteiger partial charge in [-0.05, 0) is 11.8 Å². The number of hydrogen-bond donors (Lipinski definition) is 3. The SMILES string of the molecule is CCN(Cl)CC.O=P(O)(O)O. The molecule has 0 spiro atoms. The number of hydrogen-bond acceptors (Lipinski definition) is 2. The van der Waals surface area contributed by atoms with Gasteiger partial charge in [0.15, 0.2) is 0 Å². The first-order valence-corrected chi connectivity index (χ1v) is 4.90. The van der Waals surface area contributed by atoms with Crippen LogP contribution < -0.4 is 0 Å². The molecular weight excluding hydrogens is 192 g/mol. The first-order chi connectivity index (χ1) is 4.81. The molecule has 0 aromatic carbocycles. The van der Waals surface area contributed by atoms with Crippen molar-refractivity contribution < 1.29 is 19.2 Å². The van der Waals surface area contributed by atoms with Crippen LogP contribution in [0.15, 0.2) is 0 Å². The molecule has 11 heavy (non-hydrogen) atoms. The summed E-state index contributed by atoms with van der Waals surface area (Å²) in [6.45, 7) is 5.91. The molecule has 0 saturated carbocycles. The lowest BCUT2D eigenvalue weighted by Gasteiger charge is -2.03. The lowest BCUT2D eigenvalue weighted by Crippen LogP contribution is -2.08. The fourth-order valence-corrected chi connectivity index (χ4v) is 0.224. The molecule has 0 aliphatic rings. The minimum atomic E-state index is -4.64. The quantitative estimate of drug-likeness (QED) is 0.453. The fraction of sp³-hybridized carbons (Fsp3) is 1.00. The first kappa shape index (κ1) is 13.9. The molecule has 0 atom stereocenters. The number of halogens is 1. The van der Waals surface area contributed by atoms with Gasteiger partial charge in [-0.15, -0.1) is 0 Å². The van der Waals surface area contributed by atoms with Gasteiger partial charge in [-0.2, -0.15) is 0 Å². The van der Waals surface area contributed by atoms with Gasteiger partial charge >= 0.3 is 7.82 Å². The van der Waals surface area contributed by atoms with E-state index in [9.17, 15) is 0 Å². The topological polar surface area (TPSA) is 81.0 Å². The van der Waals surface area contributed by atoms with E-state index in [-0.39, 0.29) is 0 Å². The molecule has 7 heteroatoms. The summed E-state index contributed by atoms with van der Waals surface area (Å²) in [4.78, 5) is 21.6. The van der Waals surface area contributed by atoms with Gasteiger partial charge in [0, 0.05) is 13.1 Å². The monoisotopic (exact) mass is 205 g/mol. The van der Waals surface area contributed by atoms with Crippen LogP contribution in [0.1, 0.15) is 13.8 Å². The largest absolute Gasteiger partial charge is 0.466 e. The van der Waals surface area contributed by atoms with Crippen molar-refractivity contribution in [2.24, 2.45) is 0 Å². The summed E-state index contributed by atoms with van der Waals surface area (Å²) in [7, 11) is -4.64. The Balaban J connectivity index is 0. The summed E-state index contributed by atoms with van der Waals surface area (Å²) in [5.74, 6) is 0. The highest BCUT2D eigenvalue weighted by molar-refractivity contribution is 7.45. The number of rotatable bonds is 2. The summed E-state index contributed by atoms with van der Waals surface area (Å²) < 4.78 is 10.6. The van der Waals surface area contributed by atoms with Gasteiger partial charge in [-0.25, -0.2) is 8.98 Å². The molecule has 0 bridgehead atoms. The van der Waals surface area contributed by atoms with Crippen LogP contribution in [0.3, 0.4) is 0 Å². The van der Waals surface area contributed by atoms with Gasteiger partial charge in [0.05, 0.1) is 0 Å². The summed E-state index contributed by atoms with van der Waals surface area (Å²) in [6.07, 6.45) is 0. The van der Waals surface area contributed by atoms with Crippen LogP contribution in [0.5, 0.6) is 0 Å². The third-order valence-corrected chi connectivity index (χ3v) is 1.16. The Hall–Kier alpha value is 0.360. The van der Waals surface area contributed by atoms with E-state index < -0.39 is 7.82 Å². The average molecular weight is 206 g/mol. The molecular formula is C4H13ClNO4P. The molecule has 0 aliphatic heterocycles. The second-order valence-corrected chi connectivity index (χ2v) is 3.11. The average Bonchev–Trinajstić information content (AvgIpc) is 1.83. The van der Waals surface area contributed by atoms with Crippen LogP contribution >= 0.6 is 19.6 Å². The maximum Gasteiger partial charge on any atom is 0.466 e. The molecule has 0 rings (SSSR count). The molecule has 0 unspecified atom stereocenters. The summed E-state index contributed by atoms with van der Waals surface area (Å²) >= 11 is 5.48. The first-order valence-electron chi connectivity index (χ1n) is 3.00. The second kappa shape index (κ2) is 7.03. The highest BCUT2D eigenvalue weighted by Gasteiger charge is 2.00. The predicted octanol–water partition coefficient (Wildman–Crippen LogP) is 0.553. The van der Waals surface area contributed by atoms with Gasteiger partial charge < -0.3 is 14.7 Å². The lowest BCUT2D eigenvalue weighted by atomic mass is 10.7. The highest BCUT2D eigenvalue weighted by atomic mass is 35.5. The maximum atomic E-state index is 8.88. The Bertz CT molecular complexity index is 115. The van der Waals surface area contributed by atoms with Gasteiger partial charge in [-0.3, -0.25) is 0 Å². The van der Waals surface area contributed by atoms with Crippen molar-refractivity contribution in [1.82, 2.24) is 4.42 Å². The van der Waals surface area contributed by atoms with Crippen molar-refractivity contribution in [2.45, 2.75) is 13.8 Å². The van der Waals surface area contributed by atoms with Crippen molar-refractivity contribution in [3.63, 3.8) is 0 Å². The van der Waals surface area contributed by atoms with E-state index in [1.54, 1.807) is 4.42 Å². The summed E-state index contributed by atoms with van der Waals surface area (Å²) in [5, 5.41) is 0. The summed E-state index contributed by atoms with van der Waals surface area (Å²) in [6, 6.07) is 0. The van der Waals surface area contributed by atoms with Crippen molar-refractivity contribution in [3.05, 3.63) is 0 Å². The zero-order valence-electron chi connectivity index (χ0n) is 6.44. The zero-order chi connectivity index (χ0) is 9.49. The predicted molar refractivity (Wildman–Crippen MR) is 43.0 cm³/mol. The van der Waals surface area contributed by atoms with E-state index in [2.05, 4.69) is 0 Å². The Morgan fingerprint density at radius 2 is 1.45 bits per heavy atom.